The number of nitrogens with two attached hydrogens (primary N) is 1. The van der Waals surface area contributed by atoms with Crippen molar-refractivity contribution in [3.63, 3.8) is 0 Å². The Hall–Kier alpha value is -1.92. The Balaban J connectivity index is 2.12. The minimum Gasteiger partial charge on any atom is -0.481 e. The molecule has 1 aromatic rings. The standard InChI is InChI=1S/C15H20N2O4/c1-10-2-4-11(5-3-10)14(16)15(20)17-6-7-21-9-12(17)8-13(18)19/h2-5,12,14H,6-9,16H2,1H3,(H,18,19). The molecule has 1 fully saturated rings. The maximum atomic E-state index is 12.5. The Labute approximate surface area is 123 Å². The van der Waals surface area contributed by atoms with Gasteiger partial charge in [-0.15, -0.1) is 0 Å². The zero-order valence-electron chi connectivity index (χ0n) is 12.0. The van der Waals surface area contributed by atoms with E-state index in [9.17, 15) is 9.59 Å². The molecule has 1 heterocycles. The van der Waals surface area contributed by atoms with Gasteiger partial charge in [0, 0.05) is 6.54 Å². The number of nitrogens with zero attached hydrogens (tertiary/aromatic N) is 1. The van der Waals surface area contributed by atoms with Gasteiger partial charge in [0.1, 0.15) is 6.04 Å². The van der Waals surface area contributed by atoms with Gasteiger partial charge in [0.25, 0.3) is 0 Å². The highest BCUT2D eigenvalue weighted by atomic mass is 16.5. The zero-order chi connectivity index (χ0) is 15.4. The third-order valence-corrected chi connectivity index (χ3v) is 3.62. The first kappa shape index (κ1) is 15.5. The molecule has 1 aliphatic rings. The number of morpholine rings is 1. The quantitative estimate of drug-likeness (QED) is 0.852. The SMILES string of the molecule is Cc1ccc(C(N)C(=O)N2CCOCC2CC(=O)O)cc1. The summed E-state index contributed by atoms with van der Waals surface area (Å²) in [4.78, 5) is 24.9. The summed E-state index contributed by atoms with van der Waals surface area (Å²) >= 11 is 0. The van der Waals surface area contributed by atoms with Crippen molar-refractivity contribution in [3.8, 4) is 0 Å². The van der Waals surface area contributed by atoms with E-state index in [1.54, 1.807) is 0 Å². The third-order valence-electron chi connectivity index (χ3n) is 3.62. The largest absolute Gasteiger partial charge is 0.481 e. The number of carbonyl (C=O) groups excluding carboxylic acids is 1. The van der Waals surface area contributed by atoms with E-state index in [1.165, 1.54) is 4.90 Å². The predicted molar refractivity (Wildman–Crippen MR) is 76.7 cm³/mol. The summed E-state index contributed by atoms with van der Waals surface area (Å²) < 4.78 is 5.27. The van der Waals surface area contributed by atoms with E-state index in [2.05, 4.69) is 0 Å². The first-order valence-electron chi connectivity index (χ1n) is 6.91. The number of carboxylic acids is 1. The third kappa shape index (κ3) is 3.80. The Kier molecular flexibility index (Phi) is 4.93. The lowest BCUT2D eigenvalue weighted by Gasteiger charge is -2.36. The number of hydrogen-bond donors (Lipinski definition) is 2. The molecule has 0 bridgehead atoms. The first-order valence-corrected chi connectivity index (χ1v) is 6.91. The lowest BCUT2D eigenvalue weighted by Crippen LogP contribution is -2.52. The van der Waals surface area contributed by atoms with Gasteiger partial charge in [0.2, 0.25) is 5.91 Å². The monoisotopic (exact) mass is 292 g/mol. The van der Waals surface area contributed by atoms with Crippen LogP contribution in [0.4, 0.5) is 0 Å². The van der Waals surface area contributed by atoms with Gasteiger partial charge in [-0.3, -0.25) is 9.59 Å². The number of rotatable bonds is 4. The molecule has 0 aromatic heterocycles. The number of benzene rings is 1. The van der Waals surface area contributed by atoms with Gasteiger partial charge in [-0.2, -0.15) is 0 Å². The smallest absolute Gasteiger partial charge is 0.305 e. The molecule has 1 saturated heterocycles. The highest BCUT2D eigenvalue weighted by Gasteiger charge is 2.32. The van der Waals surface area contributed by atoms with Gasteiger partial charge in [-0.25, -0.2) is 0 Å². The van der Waals surface area contributed by atoms with Crippen molar-refractivity contribution in [2.24, 2.45) is 5.73 Å². The molecule has 1 amide bonds. The molecule has 2 unspecified atom stereocenters. The van der Waals surface area contributed by atoms with E-state index in [0.29, 0.717) is 13.2 Å². The summed E-state index contributed by atoms with van der Waals surface area (Å²) in [5.41, 5.74) is 7.85. The van der Waals surface area contributed by atoms with E-state index in [4.69, 9.17) is 15.6 Å². The van der Waals surface area contributed by atoms with E-state index in [-0.39, 0.29) is 18.9 Å². The topological polar surface area (TPSA) is 92.9 Å². The van der Waals surface area contributed by atoms with Crippen molar-refractivity contribution in [1.29, 1.82) is 0 Å². The molecule has 6 heteroatoms. The average molecular weight is 292 g/mol. The van der Waals surface area contributed by atoms with E-state index in [1.807, 2.05) is 31.2 Å². The molecule has 1 aliphatic heterocycles. The van der Waals surface area contributed by atoms with Crippen molar-refractivity contribution in [2.45, 2.75) is 25.4 Å². The predicted octanol–water partition coefficient (Wildman–Crippen LogP) is 0.697. The number of aryl methyl sites for hydroxylation is 1. The summed E-state index contributed by atoms with van der Waals surface area (Å²) in [5.74, 6) is -1.21. The molecule has 21 heavy (non-hydrogen) atoms. The Morgan fingerprint density at radius 3 is 2.71 bits per heavy atom. The lowest BCUT2D eigenvalue weighted by molar-refractivity contribution is -0.147. The second-order valence-electron chi connectivity index (χ2n) is 5.25. The van der Waals surface area contributed by atoms with Crippen molar-refractivity contribution in [3.05, 3.63) is 35.4 Å². The fraction of sp³-hybridized carbons (Fsp3) is 0.467. The molecular formula is C15H20N2O4. The minimum atomic E-state index is -0.952. The van der Waals surface area contributed by atoms with Crippen LogP contribution in [-0.4, -0.2) is 47.7 Å². The number of ether oxygens (including phenoxy) is 1. The molecule has 2 rings (SSSR count). The van der Waals surface area contributed by atoms with Gasteiger partial charge in [0.15, 0.2) is 0 Å². The second-order valence-corrected chi connectivity index (χ2v) is 5.25. The van der Waals surface area contributed by atoms with Gasteiger partial charge >= 0.3 is 5.97 Å². The van der Waals surface area contributed by atoms with E-state index >= 15 is 0 Å². The fourth-order valence-corrected chi connectivity index (χ4v) is 2.41. The fourth-order valence-electron chi connectivity index (χ4n) is 2.41. The minimum absolute atomic E-state index is 0.133. The van der Waals surface area contributed by atoms with Crippen LogP contribution in [-0.2, 0) is 14.3 Å². The van der Waals surface area contributed by atoms with E-state index in [0.717, 1.165) is 11.1 Å². The highest BCUT2D eigenvalue weighted by Crippen LogP contribution is 2.19. The average Bonchev–Trinajstić information content (AvgIpc) is 2.46. The van der Waals surface area contributed by atoms with Crippen molar-refractivity contribution >= 4 is 11.9 Å². The maximum Gasteiger partial charge on any atom is 0.305 e. The van der Waals surface area contributed by atoms with Crippen LogP contribution in [0.15, 0.2) is 24.3 Å². The first-order chi connectivity index (χ1) is 9.99. The van der Waals surface area contributed by atoms with Crippen LogP contribution in [0.25, 0.3) is 0 Å². The van der Waals surface area contributed by atoms with Crippen LogP contribution in [0.5, 0.6) is 0 Å². The second kappa shape index (κ2) is 6.69. The summed E-state index contributed by atoms with van der Waals surface area (Å²) in [6.45, 7) is 2.97. The van der Waals surface area contributed by atoms with Crippen molar-refractivity contribution in [2.75, 3.05) is 19.8 Å². The summed E-state index contributed by atoms with van der Waals surface area (Å²) in [7, 11) is 0. The Morgan fingerprint density at radius 2 is 2.10 bits per heavy atom. The number of carbonyl (C=O) groups is 2. The Morgan fingerprint density at radius 1 is 1.43 bits per heavy atom. The number of amides is 1. The van der Waals surface area contributed by atoms with Crippen LogP contribution in [0.3, 0.4) is 0 Å². The molecule has 0 aliphatic carbocycles. The molecular weight excluding hydrogens is 272 g/mol. The van der Waals surface area contributed by atoms with Gasteiger partial charge in [-0.05, 0) is 12.5 Å². The normalized spacial score (nSPS) is 20.1. The molecule has 0 spiro atoms. The molecule has 1 aromatic carbocycles. The molecule has 0 saturated carbocycles. The van der Waals surface area contributed by atoms with Gasteiger partial charge in [-0.1, -0.05) is 29.8 Å². The van der Waals surface area contributed by atoms with E-state index < -0.39 is 18.1 Å². The van der Waals surface area contributed by atoms with Crippen LogP contribution >= 0.6 is 0 Å². The lowest BCUT2D eigenvalue weighted by atomic mass is 10.0. The molecule has 0 radical (unpaired) electrons. The molecule has 3 N–H and O–H groups in total. The van der Waals surface area contributed by atoms with Crippen molar-refractivity contribution < 1.29 is 19.4 Å². The maximum absolute atomic E-state index is 12.5. The van der Waals surface area contributed by atoms with Crippen LogP contribution < -0.4 is 5.73 Å². The van der Waals surface area contributed by atoms with Gasteiger partial charge < -0.3 is 20.5 Å². The van der Waals surface area contributed by atoms with Crippen LogP contribution in [0, 0.1) is 6.92 Å². The highest BCUT2D eigenvalue weighted by molar-refractivity contribution is 5.84. The summed E-state index contributed by atoms with van der Waals surface area (Å²) in [6, 6.07) is 6.21. The number of aliphatic carboxylic acids is 1. The van der Waals surface area contributed by atoms with Crippen LogP contribution in [0.1, 0.15) is 23.6 Å². The van der Waals surface area contributed by atoms with Crippen molar-refractivity contribution in [1.82, 2.24) is 4.90 Å². The molecule has 2 atom stereocenters. The molecule has 6 nitrogen and oxygen atoms in total. The summed E-state index contributed by atoms with van der Waals surface area (Å²) in [5, 5.41) is 8.93. The Bertz CT molecular complexity index is 515. The van der Waals surface area contributed by atoms with Gasteiger partial charge in [0.05, 0.1) is 25.7 Å². The zero-order valence-corrected chi connectivity index (χ0v) is 12.0. The number of hydrogen-bond acceptors (Lipinski definition) is 4. The summed E-state index contributed by atoms with van der Waals surface area (Å²) in [6.07, 6.45) is -0.133. The van der Waals surface area contributed by atoms with Crippen LogP contribution in [0.2, 0.25) is 0 Å². The molecule has 114 valence electrons. The number of carboxylic acid groups (broad SMARTS) is 1.